The van der Waals surface area contributed by atoms with E-state index in [0.717, 1.165) is 24.3 Å². The zero-order valence-corrected chi connectivity index (χ0v) is 12.5. The Kier molecular flexibility index (Phi) is 5.52. The van der Waals surface area contributed by atoms with Gasteiger partial charge in [-0.2, -0.15) is 5.10 Å². The molecular weight excluding hydrogens is 276 g/mol. The van der Waals surface area contributed by atoms with E-state index in [0.29, 0.717) is 18.2 Å². The van der Waals surface area contributed by atoms with Gasteiger partial charge in [0.05, 0.1) is 24.4 Å². The van der Waals surface area contributed by atoms with Crippen LogP contribution in [0.1, 0.15) is 16.8 Å². The van der Waals surface area contributed by atoms with Crippen molar-refractivity contribution < 1.29 is 4.74 Å². The first-order valence-corrected chi connectivity index (χ1v) is 6.89. The molecule has 0 unspecified atom stereocenters. The summed E-state index contributed by atoms with van der Waals surface area (Å²) in [6.07, 6.45) is 5.29. The van der Waals surface area contributed by atoms with Gasteiger partial charge >= 0.3 is 0 Å². The van der Waals surface area contributed by atoms with Gasteiger partial charge in [0.2, 0.25) is 0 Å². The lowest BCUT2D eigenvalue weighted by molar-refractivity contribution is 0.199. The zero-order valence-electron chi connectivity index (χ0n) is 11.8. The maximum Gasteiger partial charge on any atom is 0.0678 e. The first-order chi connectivity index (χ1) is 9.72. The SMILES string of the molecule is COCCNCc1cnn(Cc2ccncc2Cl)c1C. The number of nitrogens with one attached hydrogen (secondary N) is 1. The van der Waals surface area contributed by atoms with Gasteiger partial charge in [-0.25, -0.2) is 0 Å². The molecular formula is C14H19ClN4O. The van der Waals surface area contributed by atoms with Crippen molar-refractivity contribution in [3.63, 3.8) is 0 Å². The molecule has 0 fully saturated rings. The monoisotopic (exact) mass is 294 g/mol. The minimum atomic E-state index is 0.658. The van der Waals surface area contributed by atoms with E-state index in [4.69, 9.17) is 16.3 Å². The maximum absolute atomic E-state index is 6.12. The van der Waals surface area contributed by atoms with Crippen LogP contribution in [0.4, 0.5) is 0 Å². The maximum atomic E-state index is 6.12. The Morgan fingerprint density at radius 2 is 2.20 bits per heavy atom. The molecule has 2 rings (SSSR count). The van der Waals surface area contributed by atoms with Crippen molar-refractivity contribution in [2.45, 2.75) is 20.0 Å². The summed E-state index contributed by atoms with van der Waals surface area (Å²) in [6.45, 7) is 5.05. The Morgan fingerprint density at radius 1 is 1.35 bits per heavy atom. The van der Waals surface area contributed by atoms with E-state index in [1.807, 2.05) is 16.9 Å². The molecule has 0 radical (unpaired) electrons. The molecule has 6 heteroatoms. The fraction of sp³-hybridized carbons (Fsp3) is 0.429. The summed E-state index contributed by atoms with van der Waals surface area (Å²) in [7, 11) is 1.70. The average Bonchev–Trinajstić information content (AvgIpc) is 2.79. The minimum absolute atomic E-state index is 0.658. The van der Waals surface area contributed by atoms with Gasteiger partial charge in [0.1, 0.15) is 0 Å². The zero-order chi connectivity index (χ0) is 14.4. The van der Waals surface area contributed by atoms with Crippen LogP contribution >= 0.6 is 11.6 Å². The summed E-state index contributed by atoms with van der Waals surface area (Å²) >= 11 is 6.12. The number of hydrogen-bond acceptors (Lipinski definition) is 4. The van der Waals surface area contributed by atoms with Gasteiger partial charge in [0, 0.05) is 43.9 Å². The number of ether oxygens (including phenoxy) is 1. The van der Waals surface area contributed by atoms with Crippen LogP contribution in [-0.2, 0) is 17.8 Å². The van der Waals surface area contributed by atoms with Crippen LogP contribution in [-0.4, -0.2) is 35.0 Å². The number of pyridine rings is 1. The molecule has 0 aliphatic rings. The highest BCUT2D eigenvalue weighted by molar-refractivity contribution is 6.31. The summed E-state index contributed by atoms with van der Waals surface area (Å²) in [5.41, 5.74) is 3.35. The molecule has 0 saturated heterocycles. The van der Waals surface area contributed by atoms with Crippen molar-refractivity contribution in [1.29, 1.82) is 0 Å². The summed E-state index contributed by atoms with van der Waals surface area (Å²) in [4.78, 5) is 3.99. The summed E-state index contributed by atoms with van der Waals surface area (Å²) in [6, 6.07) is 1.92. The van der Waals surface area contributed by atoms with E-state index in [2.05, 4.69) is 22.3 Å². The lowest BCUT2D eigenvalue weighted by atomic mass is 10.2. The highest BCUT2D eigenvalue weighted by atomic mass is 35.5. The fourth-order valence-corrected chi connectivity index (χ4v) is 2.09. The Balaban J connectivity index is 2.00. The van der Waals surface area contributed by atoms with Crippen molar-refractivity contribution in [1.82, 2.24) is 20.1 Å². The molecule has 0 aliphatic heterocycles. The molecule has 0 aliphatic carbocycles. The molecule has 20 heavy (non-hydrogen) atoms. The average molecular weight is 295 g/mol. The van der Waals surface area contributed by atoms with Crippen LogP contribution in [0.3, 0.4) is 0 Å². The molecule has 5 nitrogen and oxygen atoms in total. The molecule has 2 heterocycles. The molecule has 108 valence electrons. The van der Waals surface area contributed by atoms with Crippen LogP contribution in [0, 0.1) is 6.92 Å². The second-order valence-corrected chi connectivity index (χ2v) is 4.96. The number of halogens is 1. The highest BCUT2D eigenvalue weighted by Crippen LogP contribution is 2.16. The Hall–Kier alpha value is -1.43. The number of methoxy groups -OCH3 is 1. The van der Waals surface area contributed by atoms with Crippen LogP contribution in [0.5, 0.6) is 0 Å². The van der Waals surface area contributed by atoms with E-state index in [1.165, 1.54) is 5.56 Å². The number of nitrogens with zero attached hydrogens (tertiary/aromatic N) is 3. The van der Waals surface area contributed by atoms with E-state index in [9.17, 15) is 0 Å². The third-order valence-electron chi connectivity index (χ3n) is 3.18. The molecule has 2 aromatic rings. The van der Waals surface area contributed by atoms with Crippen LogP contribution in [0.15, 0.2) is 24.7 Å². The van der Waals surface area contributed by atoms with E-state index in [1.54, 1.807) is 19.5 Å². The summed E-state index contributed by atoms with van der Waals surface area (Å²) in [5, 5.41) is 8.40. The smallest absolute Gasteiger partial charge is 0.0678 e. The van der Waals surface area contributed by atoms with Crippen molar-refractivity contribution in [2.75, 3.05) is 20.3 Å². The standard InChI is InChI=1S/C14H19ClN4O/c1-11-13(7-17-5-6-20-2)8-18-19(11)10-12-3-4-16-9-14(12)15/h3-4,8-9,17H,5-7,10H2,1-2H3. The van der Waals surface area contributed by atoms with Crippen LogP contribution in [0.25, 0.3) is 0 Å². The van der Waals surface area contributed by atoms with E-state index in [-0.39, 0.29) is 0 Å². The minimum Gasteiger partial charge on any atom is -0.383 e. The normalized spacial score (nSPS) is 10.9. The van der Waals surface area contributed by atoms with Crippen molar-refractivity contribution in [3.8, 4) is 0 Å². The van der Waals surface area contributed by atoms with Gasteiger partial charge in [0.15, 0.2) is 0 Å². The number of hydrogen-bond donors (Lipinski definition) is 1. The van der Waals surface area contributed by atoms with Crippen LogP contribution in [0.2, 0.25) is 5.02 Å². The predicted molar refractivity (Wildman–Crippen MR) is 78.9 cm³/mol. The first kappa shape index (κ1) is 15.0. The van der Waals surface area contributed by atoms with Gasteiger partial charge in [-0.05, 0) is 18.6 Å². The van der Waals surface area contributed by atoms with E-state index >= 15 is 0 Å². The number of rotatable bonds is 7. The largest absolute Gasteiger partial charge is 0.383 e. The third-order valence-corrected chi connectivity index (χ3v) is 3.52. The fourth-order valence-electron chi connectivity index (χ4n) is 1.91. The molecule has 0 spiro atoms. The van der Waals surface area contributed by atoms with Crippen LogP contribution < -0.4 is 5.32 Å². The molecule has 0 atom stereocenters. The first-order valence-electron chi connectivity index (χ1n) is 6.51. The van der Waals surface area contributed by atoms with Crippen molar-refractivity contribution in [3.05, 3.63) is 46.5 Å². The highest BCUT2D eigenvalue weighted by Gasteiger charge is 2.08. The molecule has 0 aromatic carbocycles. The van der Waals surface area contributed by atoms with Crippen molar-refractivity contribution in [2.24, 2.45) is 0 Å². The van der Waals surface area contributed by atoms with E-state index < -0.39 is 0 Å². The third kappa shape index (κ3) is 3.79. The Labute approximate surface area is 123 Å². The quantitative estimate of drug-likeness (QED) is 0.794. The number of aromatic nitrogens is 3. The van der Waals surface area contributed by atoms with Gasteiger partial charge in [-0.3, -0.25) is 9.67 Å². The van der Waals surface area contributed by atoms with Gasteiger partial charge < -0.3 is 10.1 Å². The van der Waals surface area contributed by atoms with Crippen molar-refractivity contribution >= 4 is 11.6 Å². The lowest BCUT2D eigenvalue weighted by Gasteiger charge is -2.07. The van der Waals surface area contributed by atoms with Gasteiger partial charge in [0.25, 0.3) is 0 Å². The van der Waals surface area contributed by atoms with Gasteiger partial charge in [-0.1, -0.05) is 11.6 Å². The molecule has 2 aromatic heterocycles. The summed E-state index contributed by atoms with van der Waals surface area (Å²) in [5.74, 6) is 0. The molecule has 0 saturated carbocycles. The second kappa shape index (κ2) is 7.38. The molecule has 0 bridgehead atoms. The topological polar surface area (TPSA) is 52.0 Å². The predicted octanol–water partition coefficient (Wildman–Crippen LogP) is 2.02. The second-order valence-electron chi connectivity index (χ2n) is 4.55. The van der Waals surface area contributed by atoms with Gasteiger partial charge in [-0.15, -0.1) is 0 Å². The molecule has 0 amide bonds. The summed E-state index contributed by atoms with van der Waals surface area (Å²) < 4.78 is 6.96. The Morgan fingerprint density at radius 3 is 2.95 bits per heavy atom. The lowest BCUT2D eigenvalue weighted by Crippen LogP contribution is -2.19. The molecule has 1 N–H and O–H groups in total. The Bertz CT molecular complexity index is 556.